The van der Waals surface area contributed by atoms with Crippen LogP contribution in [-0.4, -0.2) is 50.6 Å². The molecule has 0 spiro atoms. The van der Waals surface area contributed by atoms with Crippen molar-refractivity contribution in [1.29, 1.82) is 0 Å². The highest BCUT2D eigenvalue weighted by atomic mass is 32.2. The predicted octanol–water partition coefficient (Wildman–Crippen LogP) is 1.26. The van der Waals surface area contributed by atoms with E-state index in [9.17, 15) is 13.2 Å². The molecule has 0 heterocycles. The number of aliphatic hydroxyl groups excluding tert-OH is 1. The van der Waals surface area contributed by atoms with E-state index in [0.29, 0.717) is 12.1 Å². The maximum absolute atomic E-state index is 12.5. The van der Waals surface area contributed by atoms with Crippen LogP contribution in [0, 0.1) is 0 Å². The molecule has 0 atom stereocenters. The van der Waals surface area contributed by atoms with Crippen molar-refractivity contribution >= 4 is 16.0 Å². The molecule has 0 unspecified atom stereocenters. The van der Waals surface area contributed by atoms with Gasteiger partial charge in [-0.1, -0.05) is 13.3 Å². The van der Waals surface area contributed by atoms with Crippen LogP contribution in [0.4, 0.5) is 0 Å². The van der Waals surface area contributed by atoms with Crippen molar-refractivity contribution in [2.24, 2.45) is 0 Å². The number of benzene rings is 1. The van der Waals surface area contributed by atoms with Gasteiger partial charge in [0, 0.05) is 13.1 Å². The Bertz CT molecular complexity index is 553. The lowest BCUT2D eigenvalue weighted by Crippen LogP contribution is -2.34. The topological polar surface area (TPSA) is 83.9 Å². The quantitative estimate of drug-likeness (QED) is 0.730. The molecule has 1 rings (SSSR count). The van der Waals surface area contributed by atoms with Crippen LogP contribution in [0.15, 0.2) is 29.2 Å². The number of carbonyl (C=O) groups excluding carboxylic acids is 1. The van der Waals surface area contributed by atoms with Gasteiger partial charge in [-0.15, -0.1) is 0 Å². The number of hydrogen-bond acceptors (Lipinski definition) is 5. The van der Waals surface area contributed by atoms with Gasteiger partial charge in [0.25, 0.3) is 0 Å². The Morgan fingerprint density at radius 3 is 2.33 bits per heavy atom. The number of ether oxygens (including phenoxy) is 1. The molecule has 0 radical (unpaired) electrons. The Balaban J connectivity index is 3.01. The highest BCUT2D eigenvalue weighted by Gasteiger charge is 2.23. The monoisotopic (exact) mass is 315 g/mol. The van der Waals surface area contributed by atoms with Crippen molar-refractivity contribution < 1.29 is 23.1 Å². The molecule has 0 saturated heterocycles. The van der Waals surface area contributed by atoms with Crippen LogP contribution in [0.2, 0.25) is 0 Å². The minimum Gasteiger partial charge on any atom is -0.465 e. The molecule has 0 amide bonds. The van der Waals surface area contributed by atoms with E-state index in [1.165, 1.54) is 35.7 Å². The summed E-state index contributed by atoms with van der Waals surface area (Å²) in [5.74, 6) is -0.517. The first-order valence-electron chi connectivity index (χ1n) is 6.76. The number of esters is 1. The Morgan fingerprint density at radius 2 is 1.86 bits per heavy atom. The number of nitrogens with zero attached hydrogens (tertiary/aromatic N) is 1. The summed E-state index contributed by atoms with van der Waals surface area (Å²) in [6.45, 7) is 2.15. The third-order valence-corrected chi connectivity index (χ3v) is 4.94. The first-order valence-corrected chi connectivity index (χ1v) is 8.20. The normalized spacial score (nSPS) is 11.6. The average molecular weight is 315 g/mol. The van der Waals surface area contributed by atoms with E-state index >= 15 is 0 Å². The van der Waals surface area contributed by atoms with Gasteiger partial charge in [0.05, 0.1) is 24.2 Å². The molecule has 0 bridgehead atoms. The second kappa shape index (κ2) is 8.11. The molecule has 0 saturated carbocycles. The molecule has 21 heavy (non-hydrogen) atoms. The van der Waals surface area contributed by atoms with E-state index in [1.807, 2.05) is 6.92 Å². The number of carbonyl (C=O) groups is 1. The Hall–Kier alpha value is -1.44. The van der Waals surface area contributed by atoms with Gasteiger partial charge in [0.15, 0.2) is 0 Å². The van der Waals surface area contributed by atoms with Gasteiger partial charge >= 0.3 is 5.97 Å². The van der Waals surface area contributed by atoms with Gasteiger partial charge in [-0.05, 0) is 30.7 Å². The van der Waals surface area contributed by atoms with E-state index in [0.717, 1.165) is 12.8 Å². The molecule has 118 valence electrons. The summed E-state index contributed by atoms with van der Waals surface area (Å²) in [7, 11) is -2.40. The van der Waals surface area contributed by atoms with Crippen LogP contribution in [-0.2, 0) is 14.8 Å². The zero-order valence-corrected chi connectivity index (χ0v) is 13.1. The maximum atomic E-state index is 12.5. The molecule has 0 aromatic heterocycles. The predicted molar refractivity (Wildman–Crippen MR) is 78.5 cm³/mol. The van der Waals surface area contributed by atoms with Crippen molar-refractivity contribution in [3.8, 4) is 0 Å². The number of rotatable bonds is 8. The molecule has 1 aromatic carbocycles. The third-order valence-electron chi connectivity index (χ3n) is 3.02. The first-order chi connectivity index (χ1) is 9.97. The van der Waals surface area contributed by atoms with Gasteiger partial charge in [-0.25, -0.2) is 13.2 Å². The summed E-state index contributed by atoms with van der Waals surface area (Å²) < 4.78 is 30.8. The fourth-order valence-electron chi connectivity index (χ4n) is 1.83. The molecule has 0 aliphatic rings. The van der Waals surface area contributed by atoms with Gasteiger partial charge in [0.1, 0.15) is 0 Å². The lowest BCUT2D eigenvalue weighted by molar-refractivity contribution is 0.0600. The molecular formula is C14H21NO5S. The van der Waals surface area contributed by atoms with Gasteiger partial charge in [0.2, 0.25) is 10.0 Å². The van der Waals surface area contributed by atoms with Crippen molar-refractivity contribution in [2.75, 3.05) is 26.8 Å². The molecule has 1 N–H and O–H groups in total. The van der Waals surface area contributed by atoms with Gasteiger partial charge < -0.3 is 9.84 Å². The summed E-state index contributed by atoms with van der Waals surface area (Å²) in [5, 5.41) is 9.03. The zero-order chi connectivity index (χ0) is 15.9. The largest absolute Gasteiger partial charge is 0.465 e. The van der Waals surface area contributed by atoms with Crippen molar-refractivity contribution in [2.45, 2.75) is 24.7 Å². The Labute approximate surface area is 125 Å². The standard InChI is InChI=1S/C14H21NO5S/c1-3-4-9-15(10-11-16)21(18,19)13-7-5-12(6-8-13)14(17)20-2/h5-8,16H,3-4,9-11H2,1-2H3. The van der Waals surface area contributed by atoms with Gasteiger partial charge in [-0.2, -0.15) is 4.31 Å². The van der Waals surface area contributed by atoms with Gasteiger partial charge in [-0.3, -0.25) is 0 Å². The second-order valence-electron chi connectivity index (χ2n) is 4.50. The fraction of sp³-hybridized carbons (Fsp3) is 0.500. The molecular weight excluding hydrogens is 294 g/mol. The number of hydrogen-bond donors (Lipinski definition) is 1. The summed E-state index contributed by atoms with van der Waals surface area (Å²) in [4.78, 5) is 11.4. The zero-order valence-electron chi connectivity index (χ0n) is 12.3. The lowest BCUT2D eigenvalue weighted by atomic mass is 10.2. The number of sulfonamides is 1. The van der Waals surface area contributed by atoms with Crippen LogP contribution < -0.4 is 0 Å². The SMILES string of the molecule is CCCCN(CCO)S(=O)(=O)c1ccc(C(=O)OC)cc1. The van der Waals surface area contributed by atoms with E-state index in [4.69, 9.17) is 5.11 Å². The third kappa shape index (κ3) is 4.52. The van der Waals surface area contributed by atoms with Crippen molar-refractivity contribution in [3.05, 3.63) is 29.8 Å². The first kappa shape index (κ1) is 17.6. The molecule has 7 heteroatoms. The smallest absolute Gasteiger partial charge is 0.337 e. The molecule has 0 aliphatic carbocycles. The van der Waals surface area contributed by atoms with E-state index < -0.39 is 16.0 Å². The van der Waals surface area contributed by atoms with Crippen LogP contribution in [0.1, 0.15) is 30.1 Å². The minimum atomic E-state index is -3.66. The van der Waals surface area contributed by atoms with Crippen LogP contribution >= 0.6 is 0 Å². The number of methoxy groups -OCH3 is 1. The molecule has 6 nitrogen and oxygen atoms in total. The lowest BCUT2D eigenvalue weighted by Gasteiger charge is -2.21. The second-order valence-corrected chi connectivity index (χ2v) is 6.44. The Morgan fingerprint density at radius 1 is 1.24 bits per heavy atom. The molecule has 0 aliphatic heterocycles. The molecule has 0 fully saturated rings. The van der Waals surface area contributed by atoms with Crippen LogP contribution in [0.3, 0.4) is 0 Å². The van der Waals surface area contributed by atoms with Crippen molar-refractivity contribution in [1.82, 2.24) is 4.31 Å². The average Bonchev–Trinajstić information content (AvgIpc) is 2.50. The number of unbranched alkanes of at least 4 members (excludes halogenated alkanes) is 1. The van der Waals surface area contributed by atoms with Crippen LogP contribution in [0.5, 0.6) is 0 Å². The highest BCUT2D eigenvalue weighted by Crippen LogP contribution is 2.17. The fourth-order valence-corrected chi connectivity index (χ4v) is 3.30. The maximum Gasteiger partial charge on any atom is 0.337 e. The Kier molecular flexibility index (Phi) is 6.80. The molecule has 1 aromatic rings. The minimum absolute atomic E-state index is 0.0566. The summed E-state index contributed by atoms with van der Waals surface area (Å²) in [5.41, 5.74) is 0.290. The van der Waals surface area contributed by atoms with E-state index in [1.54, 1.807) is 0 Å². The van der Waals surface area contributed by atoms with E-state index in [2.05, 4.69) is 4.74 Å². The highest BCUT2D eigenvalue weighted by molar-refractivity contribution is 7.89. The number of aliphatic hydroxyl groups is 1. The summed E-state index contributed by atoms with van der Waals surface area (Å²) in [6.07, 6.45) is 1.58. The summed E-state index contributed by atoms with van der Waals surface area (Å²) in [6, 6.07) is 5.57. The van der Waals surface area contributed by atoms with Crippen LogP contribution in [0.25, 0.3) is 0 Å². The van der Waals surface area contributed by atoms with Crippen molar-refractivity contribution in [3.63, 3.8) is 0 Å². The van der Waals surface area contributed by atoms with E-state index in [-0.39, 0.29) is 18.0 Å². The summed E-state index contributed by atoms with van der Waals surface area (Å²) >= 11 is 0.